The number of methoxy groups -OCH3 is 1. The first kappa shape index (κ1) is 21.5. The maximum absolute atomic E-state index is 13.9. The summed E-state index contributed by atoms with van der Waals surface area (Å²) < 4.78 is 19.5. The Morgan fingerprint density at radius 2 is 1.94 bits per heavy atom. The van der Waals surface area contributed by atoms with Gasteiger partial charge in [-0.05, 0) is 91.3 Å². The van der Waals surface area contributed by atoms with Crippen molar-refractivity contribution in [1.82, 2.24) is 9.97 Å². The van der Waals surface area contributed by atoms with Crippen LogP contribution in [0.2, 0.25) is 0 Å². The summed E-state index contributed by atoms with van der Waals surface area (Å²) in [7, 11) is 1.57. The van der Waals surface area contributed by atoms with Crippen molar-refractivity contribution < 1.29 is 13.9 Å². The second kappa shape index (κ2) is 8.87. The van der Waals surface area contributed by atoms with E-state index in [1.54, 1.807) is 31.4 Å². The number of fused-ring (bicyclic) bond motifs is 2. The van der Waals surface area contributed by atoms with Crippen LogP contribution in [0.15, 0.2) is 48.8 Å². The van der Waals surface area contributed by atoms with E-state index in [1.807, 2.05) is 18.3 Å². The van der Waals surface area contributed by atoms with Gasteiger partial charge in [0.25, 0.3) is 5.91 Å². The number of rotatable bonds is 5. The van der Waals surface area contributed by atoms with Gasteiger partial charge >= 0.3 is 0 Å². The SMILES string of the molecule is COC(C(=O)Nc1ccc(C#N)cn1)[C@H]1C[C@H]2CC(c3ccnc4ccc(F)cc34)C[C@H]2C1. The minimum atomic E-state index is -0.539. The van der Waals surface area contributed by atoms with Gasteiger partial charge in [-0.1, -0.05) is 0 Å². The Labute approximate surface area is 191 Å². The molecule has 168 valence electrons. The van der Waals surface area contributed by atoms with Crippen LogP contribution in [0.25, 0.3) is 10.9 Å². The highest BCUT2D eigenvalue weighted by Crippen LogP contribution is 2.54. The first-order valence-corrected chi connectivity index (χ1v) is 11.3. The maximum atomic E-state index is 13.9. The third-order valence-corrected chi connectivity index (χ3v) is 7.31. The van der Waals surface area contributed by atoms with Gasteiger partial charge in [0, 0.05) is 24.9 Å². The van der Waals surface area contributed by atoms with Gasteiger partial charge in [-0.25, -0.2) is 9.37 Å². The molecule has 5 rings (SSSR count). The molecule has 2 aliphatic carbocycles. The molecular formula is C26H25FN4O2. The molecule has 7 heteroatoms. The van der Waals surface area contributed by atoms with Gasteiger partial charge in [0.15, 0.2) is 0 Å². The Morgan fingerprint density at radius 1 is 1.15 bits per heavy atom. The van der Waals surface area contributed by atoms with Crippen molar-refractivity contribution in [3.05, 3.63) is 65.7 Å². The quantitative estimate of drug-likeness (QED) is 0.610. The predicted octanol–water partition coefficient (Wildman–Crippen LogP) is 4.81. The van der Waals surface area contributed by atoms with Crippen molar-refractivity contribution in [3.8, 4) is 6.07 Å². The average Bonchev–Trinajstić information content (AvgIpc) is 3.39. The highest BCUT2D eigenvalue weighted by molar-refractivity contribution is 5.93. The van der Waals surface area contributed by atoms with Crippen molar-refractivity contribution >= 4 is 22.6 Å². The number of aromatic nitrogens is 2. The predicted molar refractivity (Wildman–Crippen MR) is 122 cm³/mol. The highest BCUT2D eigenvalue weighted by Gasteiger charge is 2.46. The zero-order valence-electron chi connectivity index (χ0n) is 18.4. The molecule has 0 spiro atoms. The fourth-order valence-electron chi connectivity index (χ4n) is 5.91. The number of anilines is 1. The zero-order valence-corrected chi connectivity index (χ0v) is 18.4. The normalized spacial score (nSPS) is 24.9. The van der Waals surface area contributed by atoms with E-state index in [0.29, 0.717) is 29.1 Å². The lowest BCUT2D eigenvalue weighted by Gasteiger charge is -2.23. The van der Waals surface area contributed by atoms with Crippen LogP contribution in [0.1, 0.15) is 42.7 Å². The van der Waals surface area contributed by atoms with Crippen molar-refractivity contribution in [2.45, 2.75) is 37.7 Å². The summed E-state index contributed by atoms with van der Waals surface area (Å²) in [6, 6.07) is 12.1. The lowest BCUT2D eigenvalue weighted by atomic mass is 9.89. The smallest absolute Gasteiger partial charge is 0.254 e. The van der Waals surface area contributed by atoms with Gasteiger partial charge in [0.05, 0.1) is 11.1 Å². The van der Waals surface area contributed by atoms with Crippen molar-refractivity contribution in [3.63, 3.8) is 0 Å². The van der Waals surface area contributed by atoms with Crippen LogP contribution in [0.4, 0.5) is 10.2 Å². The lowest BCUT2D eigenvalue weighted by molar-refractivity contribution is -0.128. The summed E-state index contributed by atoms with van der Waals surface area (Å²) in [5.41, 5.74) is 2.45. The second-order valence-electron chi connectivity index (χ2n) is 9.17. The number of ether oxygens (including phenoxy) is 1. The Balaban J connectivity index is 1.25. The number of nitrogens with one attached hydrogen (secondary N) is 1. The van der Waals surface area contributed by atoms with Crippen LogP contribution in [0, 0.1) is 34.9 Å². The molecule has 6 nitrogen and oxygen atoms in total. The molecule has 3 aromatic rings. The molecule has 0 aliphatic heterocycles. The molecule has 5 atom stereocenters. The first-order chi connectivity index (χ1) is 16.1. The van der Waals surface area contributed by atoms with E-state index in [-0.39, 0.29) is 17.6 Å². The summed E-state index contributed by atoms with van der Waals surface area (Å²) >= 11 is 0. The summed E-state index contributed by atoms with van der Waals surface area (Å²) in [5.74, 6) is 1.55. The molecule has 2 unspecified atom stereocenters. The molecule has 1 N–H and O–H groups in total. The molecule has 1 aromatic carbocycles. The van der Waals surface area contributed by atoms with Gasteiger partial charge in [0.2, 0.25) is 0 Å². The molecule has 2 heterocycles. The number of carbonyl (C=O) groups is 1. The fourth-order valence-corrected chi connectivity index (χ4v) is 5.91. The molecule has 33 heavy (non-hydrogen) atoms. The standard InChI is InChI=1S/C26H25FN4O2/c1-33-25(26(32)31-24-5-2-15(13-28)14-30-24)19-10-16-8-18(9-17(16)11-19)21-6-7-29-23-4-3-20(27)12-22(21)23/h2-7,12,14,16-19,25H,8-11H2,1H3,(H,30,31,32)/t16-,17+,18?,19+,25?. The Bertz CT molecular complexity index is 1210. The van der Waals surface area contributed by atoms with Crippen LogP contribution in [-0.4, -0.2) is 29.1 Å². The number of nitrogens with zero attached hydrogens (tertiary/aromatic N) is 3. The number of nitriles is 1. The van der Waals surface area contributed by atoms with E-state index >= 15 is 0 Å². The van der Waals surface area contributed by atoms with Gasteiger partial charge < -0.3 is 10.1 Å². The average molecular weight is 445 g/mol. The molecule has 0 bridgehead atoms. The van der Waals surface area contributed by atoms with E-state index in [4.69, 9.17) is 10.00 Å². The molecule has 0 radical (unpaired) electrons. The summed E-state index contributed by atoms with van der Waals surface area (Å²) in [6.45, 7) is 0. The molecule has 2 saturated carbocycles. The number of pyridine rings is 2. The topological polar surface area (TPSA) is 87.9 Å². The lowest BCUT2D eigenvalue weighted by Crippen LogP contribution is -2.35. The number of amides is 1. The Kier molecular flexibility index (Phi) is 5.77. The van der Waals surface area contributed by atoms with Crippen LogP contribution >= 0.6 is 0 Å². The highest BCUT2D eigenvalue weighted by atomic mass is 19.1. The number of halogens is 1. The Hall–Kier alpha value is -3.37. The van der Waals surface area contributed by atoms with E-state index < -0.39 is 6.10 Å². The monoisotopic (exact) mass is 444 g/mol. The van der Waals surface area contributed by atoms with Crippen LogP contribution < -0.4 is 5.32 Å². The second-order valence-corrected chi connectivity index (χ2v) is 9.17. The molecular weight excluding hydrogens is 419 g/mol. The summed E-state index contributed by atoms with van der Waals surface area (Å²) in [6.07, 6.45) is 6.65. The van der Waals surface area contributed by atoms with E-state index in [0.717, 1.165) is 36.6 Å². The number of hydrogen-bond acceptors (Lipinski definition) is 5. The molecule has 2 aromatic heterocycles. The minimum absolute atomic E-state index is 0.149. The third kappa shape index (κ3) is 4.19. The first-order valence-electron chi connectivity index (χ1n) is 11.3. The van der Waals surface area contributed by atoms with Gasteiger partial charge in [0.1, 0.15) is 23.8 Å². The van der Waals surface area contributed by atoms with Gasteiger partial charge in [-0.3, -0.25) is 9.78 Å². The number of benzene rings is 1. The molecule has 2 fully saturated rings. The Morgan fingerprint density at radius 3 is 2.61 bits per heavy atom. The van der Waals surface area contributed by atoms with Crippen LogP contribution in [-0.2, 0) is 9.53 Å². The number of carbonyl (C=O) groups excluding carboxylic acids is 1. The van der Waals surface area contributed by atoms with Crippen molar-refractivity contribution in [2.24, 2.45) is 17.8 Å². The van der Waals surface area contributed by atoms with Crippen molar-refractivity contribution in [1.29, 1.82) is 5.26 Å². The largest absolute Gasteiger partial charge is 0.371 e. The van der Waals surface area contributed by atoms with Gasteiger partial charge in [-0.2, -0.15) is 5.26 Å². The van der Waals surface area contributed by atoms with E-state index in [9.17, 15) is 9.18 Å². The van der Waals surface area contributed by atoms with E-state index in [2.05, 4.69) is 15.3 Å². The van der Waals surface area contributed by atoms with Crippen molar-refractivity contribution in [2.75, 3.05) is 12.4 Å². The minimum Gasteiger partial charge on any atom is -0.371 e. The summed E-state index contributed by atoms with van der Waals surface area (Å²) in [5, 5.41) is 12.6. The fraction of sp³-hybridized carbons (Fsp3) is 0.385. The number of hydrogen-bond donors (Lipinski definition) is 1. The molecule has 2 aliphatic rings. The zero-order chi connectivity index (χ0) is 22.9. The third-order valence-electron chi connectivity index (χ3n) is 7.31. The van der Waals surface area contributed by atoms with Crippen LogP contribution in [0.5, 0.6) is 0 Å². The van der Waals surface area contributed by atoms with E-state index in [1.165, 1.54) is 17.8 Å². The maximum Gasteiger partial charge on any atom is 0.254 e. The summed E-state index contributed by atoms with van der Waals surface area (Å²) in [4.78, 5) is 21.4. The van der Waals surface area contributed by atoms with Crippen LogP contribution in [0.3, 0.4) is 0 Å². The van der Waals surface area contributed by atoms with Gasteiger partial charge in [-0.15, -0.1) is 0 Å². The molecule has 0 saturated heterocycles. The molecule has 1 amide bonds.